The van der Waals surface area contributed by atoms with E-state index in [1.54, 1.807) is 6.07 Å². The van der Waals surface area contributed by atoms with E-state index in [1.165, 1.54) is 13.8 Å². The Kier molecular flexibility index (Phi) is 6.94. The highest BCUT2D eigenvalue weighted by molar-refractivity contribution is 7.93. The maximum Gasteiger partial charge on any atom is 0.247 e. The summed E-state index contributed by atoms with van der Waals surface area (Å²) in [5.41, 5.74) is 0.501. The van der Waals surface area contributed by atoms with E-state index in [1.807, 2.05) is 13.8 Å². The molecule has 1 saturated carbocycles. The largest absolute Gasteiger partial charge is 0.353 e. The van der Waals surface area contributed by atoms with E-state index in [0.29, 0.717) is 18.7 Å². The fraction of sp³-hybridized carbons (Fsp3) is 0.810. The molecule has 1 aliphatic carbocycles. The summed E-state index contributed by atoms with van der Waals surface area (Å²) in [7, 11) is -3.61. The molecule has 1 aromatic heterocycles. The van der Waals surface area contributed by atoms with Crippen molar-refractivity contribution < 1.29 is 27.2 Å². The van der Waals surface area contributed by atoms with Crippen molar-refractivity contribution in [3.05, 3.63) is 11.8 Å². The summed E-state index contributed by atoms with van der Waals surface area (Å²) in [4.78, 5) is 12.7. The molecule has 1 amide bonds. The van der Waals surface area contributed by atoms with E-state index in [-0.39, 0.29) is 29.3 Å². The van der Waals surface area contributed by atoms with Gasteiger partial charge < -0.3 is 14.0 Å². The lowest BCUT2D eigenvalue weighted by Crippen LogP contribution is -2.45. The zero-order valence-electron chi connectivity index (χ0n) is 18.4. The molecule has 2 heterocycles. The molecular formula is C21H34N2O6S. The molecule has 3 rings (SSSR count). The van der Waals surface area contributed by atoms with Crippen LogP contribution in [-0.2, 0) is 29.5 Å². The number of aromatic nitrogens is 1. The second-order valence-corrected chi connectivity index (χ2v) is 12.1. The molecule has 2 aliphatic rings. The van der Waals surface area contributed by atoms with Crippen LogP contribution in [0.5, 0.6) is 0 Å². The van der Waals surface area contributed by atoms with Gasteiger partial charge in [-0.15, -0.1) is 0 Å². The predicted molar refractivity (Wildman–Crippen MR) is 113 cm³/mol. The number of carbonyl (C=O) groups excluding carboxylic acids is 1. The minimum absolute atomic E-state index is 0.0313. The monoisotopic (exact) mass is 442 g/mol. The topological polar surface area (TPSA) is 108 Å². The van der Waals surface area contributed by atoms with E-state index >= 15 is 0 Å². The van der Waals surface area contributed by atoms with Gasteiger partial charge >= 0.3 is 0 Å². The molecule has 170 valence electrons. The lowest BCUT2D eigenvalue weighted by Gasteiger charge is -2.24. The number of nitrogens with one attached hydrogen (secondary N) is 1. The second-order valence-electron chi connectivity index (χ2n) is 9.43. The van der Waals surface area contributed by atoms with Gasteiger partial charge in [0.1, 0.15) is 4.75 Å². The van der Waals surface area contributed by atoms with Crippen molar-refractivity contribution in [1.29, 1.82) is 0 Å². The van der Waals surface area contributed by atoms with Crippen LogP contribution < -0.4 is 5.32 Å². The van der Waals surface area contributed by atoms with Gasteiger partial charge in [0, 0.05) is 18.1 Å². The molecule has 1 N–H and O–H groups in total. The number of ether oxygens (including phenoxy) is 2. The van der Waals surface area contributed by atoms with Crippen molar-refractivity contribution in [1.82, 2.24) is 5.16 Å². The average Bonchev–Trinajstić information content (AvgIpc) is 3.35. The highest BCUT2D eigenvalue weighted by Crippen LogP contribution is 2.48. The number of anilines is 1. The lowest BCUT2D eigenvalue weighted by atomic mass is 10.0. The van der Waals surface area contributed by atoms with Gasteiger partial charge in [0.2, 0.25) is 11.8 Å². The first-order valence-electron chi connectivity index (χ1n) is 10.8. The quantitative estimate of drug-likeness (QED) is 0.591. The highest BCUT2D eigenvalue weighted by atomic mass is 32.2. The summed E-state index contributed by atoms with van der Waals surface area (Å²) >= 11 is 0. The minimum atomic E-state index is -3.61. The molecule has 0 spiro atoms. The fourth-order valence-corrected chi connectivity index (χ4v) is 4.98. The van der Waals surface area contributed by atoms with Crippen LogP contribution in [0.15, 0.2) is 10.6 Å². The maximum absolute atomic E-state index is 12.7. The summed E-state index contributed by atoms with van der Waals surface area (Å²) in [5.74, 6) is -0.254. The summed E-state index contributed by atoms with van der Waals surface area (Å²) in [6, 6.07) is 1.67. The van der Waals surface area contributed by atoms with Crippen LogP contribution in [0.2, 0.25) is 0 Å². The first kappa shape index (κ1) is 23.2. The molecule has 2 fully saturated rings. The normalized spacial score (nSPS) is 21.6. The smallest absolute Gasteiger partial charge is 0.247 e. The van der Waals surface area contributed by atoms with Crippen LogP contribution in [0, 0.1) is 5.92 Å². The number of sulfone groups is 1. The SMILES string of the molecule is CC(C)CCS(=O)(=O)C(C)(C)C(=O)Nc1cc(C2(COC3CCCCO3)CC2)no1. The Hall–Kier alpha value is -1.45. The highest BCUT2D eigenvalue weighted by Gasteiger charge is 2.48. The summed E-state index contributed by atoms with van der Waals surface area (Å²) in [5, 5.41) is 6.70. The van der Waals surface area contributed by atoms with Gasteiger partial charge in [-0.2, -0.15) is 0 Å². The summed E-state index contributed by atoms with van der Waals surface area (Å²) in [6.45, 7) is 7.98. The Labute approximate surface area is 179 Å². The molecule has 1 unspecified atom stereocenters. The van der Waals surface area contributed by atoms with E-state index in [4.69, 9.17) is 14.0 Å². The van der Waals surface area contributed by atoms with Gasteiger partial charge in [0.05, 0.1) is 18.1 Å². The second kappa shape index (κ2) is 8.96. The van der Waals surface area contributed by atoms with Crippen molar-refractivity contribution in [2.45, 2.75) is 82.7 Å². The molecule has 0 bridgehead atoms. The molecule has 0 radical (unpaired) electrons. The van der Waals surface area contributed by atoms with E-state index in [9.17, 15) is 13.2 Å². The van der Waals surface area contributed by atoms with Crippen LogP contribution in [0.4, 0.5) is 5.88 Å². The molecular weight excluding hydrogens is 408 g/mol. The summed E-state index contributed by atoms with van der Waals surface area (Å²) in [6.07, 6.45) is 5.27. The Balaban J connectivity index is 1.59. The Bertz CT molecular complexity index is 835. The number of carbonyl (C=O) groups is 1. The van der Waals surface area contributed by atoms with Crippen LogP contribution in [0.3, 0.4) is 0 Å². The van der Waals surface area contributed by atoms with Gasteiger partial charge in [-0.1, -0.05) is 19.0 Å². The first-order valence-corrected chi connectivity index (χ1v) is 12.5. The Morgan fingerprint density at radius 1 is 1.37 bits per heavy atom. The third kappa shape index (κ3) is 5.23. The standard InChI is InChI=1S/C21H34N2O6S/c1-15(2)8-12-30(25,26)20(3,4)19(24)22-17-13-16(23-29-17)21(9-10-21)14-28-18-7-5-6-11-27-18/h13,15,18H,5-12,14H2,1-4H3,(H,22,24). The maximum atomic E-state index is 12.7. The molecule has 30 heavy (non-hydrogen) atoms. The zero-order valence-corrected chi connectivity index (χ0v) is 19.2. The molecule has 9 heteroatoms. The molecule has 1 aliphatic heterocycles. The summed E-state index contributed by atoms with van der Waals surface area (Å²) < 4.78 is 40.6. The zero-order chi connectivity index (χ0) is 22.0. The lowest BCUT2D eigenvalue weighted by molar-refractivity contribution is -0.166. The fourth-order valence-electron chi connectivity index (χ4n) is 3.35. The molecule has 1 aromatic rings. The molecule has 1 saturated heterocycles. The van der Waals surface area contributed by atoms with Crippen molar-refractivity contribution in [2.24, 2.45) is 5.92 Å². The number of rotatable bonds is 10. The van der Waals surface area contributed by atoms with Crippen molar-refractivity contribution in [3.63, 3.8) is 0 Å². The van der Waals surface area contributed by atoms with E-state index in [2.05, 4.69) is 10.5 Å². The third-order valence-electron chi connectivity index (χ3n) is 6.12. The van der Waals surface area contributed by atoms with Gasteiger partial charge in [0.25, 0.3) is 0 Å². The number of hydrogen-bond acceptors (Lipinski definition) is 7. The molecule has 0 aromatic carbocycles. The van der Waals surface area contributed by atoms with Gasteiger partial charge in [-0.25, -0.2) is 8.42 Å². The van der Waals surface area contributed by atoms with Gasteiger partial charge in [-0.3, -0.25) is 10.1 Å². The van der Waals surface area contributed by atoms with Gasteiger partial charge in [-0.05, 0) is 58.3 Å². The van der Waals surface area contributed by atoms with Crippen LogP contribution in [0.1, 0.15) is 71.9 Å². The Morgan fingerprint density at radius 2 is 2.10 bits per heavy atom. The first-order chi connectivity index (χ1) is 14.1. The van der Waals surface area contributed by atoms with E-state index < -0.39 is 20.5 Å². The number of hydrogen-bond donors (Lipinski definition) is 1. The van der Waals surface area contributed by atoms with Gasteiger partial charge in [0.15, 0.2) is 16.1 Å². The van der Waals surface area contributed by atoms with Crippen LogP contribution >= 0.6 is 0 Å². The molecule has 1 atom stereocenters. The van der Waals surface area contributed by atoms with Crippen molar-refractivity contribution in [3.8, 4) is 0 Å². The van der Waals surface area contributed by atoms with Crippen molar-refractivity contribution in [2.75, 3.05) is 24.3 Å². The minimum Gasteiger partial charge on any atom is -0.353 e. The Morgan fingerprint density at radius 3 is 2.70 bits per heavy atom. The number of nitrogens with zero attached hydrogens (tertiary/aromatic N) is 1. The predicted octanol–water partition coefficient (Wildman–Crippen LogP) is 3.43. The van der Waals surface area contributed by atoms with Crippen molar-refractivity contribution >= 4 is 21.6 Å². The van der Waals surface area contributed by atoms with E-state index in [0.717, 1.165) is 38.7 Å². The van der Waals surface area contributed by atoms with Crippen LogP contribution in [0.25, 0.3) is 0 Å². The number of amides is 1. The van der Waals surface area contributed by atoms with Crippen LogP contribution in [-0.4, -0.2) is 49.5 Å². The molecule has 8 nitrogen and oxygen atoms in total. The third-order valence-corrected chi connectivity index (χ3v) is 8.63. The average molecular weight is 443 g/mol.